The fraction of sp³-hybridized carbons (Fsp3) is 1.00. The van der Waals surface area contributed by atoms with Crippen LogP contribution in [0.4, 0.5) is 0 Å². The first-order valence-electron chi connectivity index (χ1n) is 7.58. The van der Waals surface area contributed by atoms with Crippen molar-refractivity contribution in [1.82, 2.24) is 10.2 Å². The lowest BCUT2D eigenvalue weighted by Crippen LogP contribution is -2.51. The van der Waals surface area contributed by atoms with Crippen molar-refractivity contribution >= 4 is 0 Å². The van der Waals surface area contributed by atoms with Crippen molar-refractivity contribution < 1.29 is 4.74 Å². The molecule has 0 aliphatic carbocycles. The van der Waals surface area contributed by atoms with Gasteiger partial charge in [0.05, 0.1) is 13.2 Å². The maximum absolute atomic E-state index is 5.53. The van der Waals surface area contributed by atoms with E-state index in [1.165, 1.54) is 19.4 Å². The minimum absolute atomic E-state index is 0.413. The molecule has 18 heavy (non-hydrogen) atoms. The molecule has 0 aromatic carbocycles. The summed E-state index contributed by atoms with van der Waals surface area (Å²) in [6, 6.07) is 1.14. The number of hydrogen-bond donors (Lipinski definition) is 1. The monoisotopic (exact) mass is 256 g/mol. The Balaban J connectivity index is 2.59. The Morgan fingerprint density at radius 1 is 1.33 bits per heavy atom. The molecular weight excluding hydrogens is 224 g/mol. The molecule has 0 bridgehead atoms. The molecule has 3 nitrogen and oxygen atoms in total. The molecule has 0 saturated carbocycles. The largest absolute Gasteiger partial charge is 0.379 e. The predicted molar refractivity (Wildman–Crippen MR) is 78.0 cm³/mol. The molecule has 0 radical (unpaired) electrons. The Morgan fingerprint density at radius 2 is 2.00 bits per heavy atom. The number of rotatable bonds is 7. The molecule has 0 aromatic heterocycles. The topological polar surface area (TPSA) is 24.5 Å². The molecular formula is C15H32N2O. The van der Waals surface area contributed by atoms with Gasteiger partial charge in [-0.15, -0.1) is 0 Å². The summed E-state index contributed by atoms with van der Waals surface area (Å²) in [5, 5.41) is 3.63. The highest BCUT2D eigenvalue weighted by Gasteiger charge is 2.31. The summed E-state index contributed by atoms with van der Waals surface area (Å²) < 4.78 is 5.53. The highest BCUT2D eigenvalue weighted by atomic mass is 16.5. The molecule has 1 heterocycles. The summed E-state index contributed by atoms with van der Waals surface area (Å²) in [4.78, 5) is 2.61. The Kier molecular flexibility index (Phi) is 6.61. The number of nitrogens with one attached hydrogen (secondary N) is 1. The number of morpholine rings is 1. The van der Waals surface area contributed by atoms with Crippen molar-refractivity contribution in [2.75, 3.05) is 32.8 Å². The van der Waals surface area contributed by atoms with E-state index < -0.39 is 0 Å². The van der Waals surface area contributed by atoms with Crippen LogP contribution in [0.25, 0.3) is 0 Å². The number of hydrogen-bond acceptors (Lipinski definition) is 3. The average molecular weight is 256 g/mol. The molecule has 1 atom stereocenters. The minimum atomic E-state index is 0.413. The van der Waals surface area contributed by atoms with Gasteiger partial charge in [0.1, 0.15) is 0 Å². The Morgan fingerprint density at radius 3 is 2.50 bits per heavy atom. The van der Waals surface area contributed by atoms with Crippen LogP contribution in [-0.2, 0) is 4.74 Å². The van der Waals surface area contributed by atoms with Crippen LogP contribution in [0.2, 0.25) is 0 Å². The molecule has 1 saturated heterocycles. The van der Waals surface area contributed by atoms with Crippen LogP contribution in [0.5, 0.6) is 0 Å². The van der Waals surface area contributed by atoms with Crippen LogP contribution in [0.3, 0.4) is 0 Å². The zero-order valence-corrected chi connectivity index (χ0v) is 13.0. The van der Waals surface area contributed by atoms with Crippen molar-refractivity contribution in [3.8, 4) is 0 Å². The van der Waals surface area contributed by atoms with Gasteiger partial charge in [0.15, 0.2) is 0 Å². The second-order valence-corrected chi connectivity index (χ2v) is 6.14. The molecule has 1 fully saturated rings. The summed E-state index contributed by atoms with van der Waals surface area (Å²) in [5.41, 5.74) is 0.413. The van der Waals surface area contributed by atoms with Crippen LogP contribution < -0.4 is 5.32 Å². The minimum Gasteiger partial charge on any atom is -0.379 e. The van der Waals surface area contributed by atoms with Gasteiger partial charge in [-0.25, -0.2) is 0 Å². The normalized spacial score (nSPS) is 22.7. The fourth-order valence-electron chi connectivity index (χ4n) is 2.63. The summed E-state index contributed by atoms with van der Waals surface area (Å²) in [6.07, 6.45) is 2.49. The van der Waals surface area contributed by atoms with Crippen molar-refractivity contribution in [3.63, 3.8) is 0 Å². The van der Waals surface area contributed by atoms with Gasteiger partial charge in [-0.05, 0) is 25.2 Å². The summed E-state index contributed by atoms with van der Waals surface area (Å²) in [6.45, 7) is 16.6. The third kappa shape index (κ3) is 4.52. The van der Waals surface area contributed by atoms with Gasteiger partial charge in [-0.1, -0.05) is 27.7 Å². The number of nitrogens with zero attached hydrogens (tertiary/aromatic N) is 1. The van der Waals surface area contributed by atoms with E-state index in [9.17, 15) is 0 Å². The van der Waals surface area contributed by atoms with E-state index in [2.05, 4.69) is 44.8 Å². The van der Waals surface area contributed by atoms with E-state index in [1.54, 1.807) is 0 Å². The third-order valence-corrected chi connectivity index (χ3v) is 4.43. The Bertz CT molecular complexity index is 227. The van der Waals surface area contributed by atoms with Crippen molar-refractivity contribution in [2.45, 2.75) is 59.5 Å². The highest BCUT2D eigenvalue weighted by Crippen LogP contribution is 2.28. The third-order valence-electron chi connectivity index (χ3n) is 4.43. The molecule has 1 N–H and O–H groups in total. The van der Waals surface area contributed by atoms with E-state index in [0.29, 0.717) is 17.5 Å². The standard InChI is InChI=1S/C15H32N2O/c1-6-15(7-2,11-16-13(3)4)12-17-8-9-18-10-14(17)5/h13-14,16H,6-12H2,1-5H3. The van der Waals surface area contributed by atoms with Gasteiger partial charge in [0, 0.05) is 31.7 Å². The SMILES string of the molecule is CCC(CC)(CNC(C)C)CN1CCOCC1C. The second-order valence-electron chi connectivity index (χ2n) is 6.14. The Labute approximate surface area is 113 Å². The van der Waals surface area contributed by atoms with Crippen LogP contribution in [-0.4, -0.2) is 49.8 Å². The molecule has 108 valence electrons. The van der Waals surface area contributed by atoms with Gasteiger partial charge >= 0.3 is 0 Å². The lowest BCUT2D eigenvalue weighted by molar-refractivity contribution is -0.0223. The van der Waals surface area contributed by atoms with Crippen molar-refractivity contribution in [1.29, 1.82) is 0 Å². The lowest BCUT2D eigenvalue weighted by Gasteiger charge is -2.42. The highest BCUT2D eigenvalue weighted by molar-refractivity contribution is 4.86. The van der Waals surface area contributed by atoms with Gasteiger partial charge in [-0.3, -0.25) is 4.90 Å². The fourth-order valence-corrected chi connectivity index (χ4v) is 2.63. The average Bonchev–Trinajstić information content (AvgIpc) is 2.37. The molecule has 1 aliphatic heterocycles. The maximum atomic E-state index is 5.53. The number of ether oxygens (including phenoxy) is 1. The molecule has 0 spiro atoms. The molecule has 1 aliphatic rings. The maximum Gasteiger partial charge on any atom is 0.0619 e. The summed E-state index contributed by atoms with van der Waals surface area (Å²) in [5.74, 6) is 0. The van der Waals surface area contributed by atoms with Gasteiger partial charge in [0.25, 0.3) is 0 Å². The van der Waals surface area contributed by atoms with E-state index in [4.69, 9.17) is 4.74 Å². The predicted octanol–water partition coefficient (Wildman–Crippen LogP) is 2.51. The van der Waals surface area contributed by atoms with Gasteiger partial charge in [-0.2, -0.15) is 0 Å². The van der Waals surface area contributed by atoms with Crippen LogP contribution in [0, 0.1) is 5.41 Å². The van der Waals surface area contributed by atoms with Crippen LogP contribution in [0.15, 0.2) is 0 Å². The zero-order valence-electron chi connectivity index (χ0n) is 13.0. The first kappa shape index (κ1) is 15.9. The summed E-state index contributed by atoms with van der Waals surface area (Å²) >= 11 is 0. The van der Waals surface area contributed by atoms with E-state index in [0.717, 1.165) is 26.3 Å². The molecule has 0 aromatic rings. The first-order chi connectivity index (χ1) is 8.53. The van der Waals surface area contributed by atoms with Crippen LogP contribution >= 0.6 is 0 Å². The van der Waals surface area contributed by atoms with E-state index in [1.807, 2.05) is 0 Å². The second kappa shape index (κ2) is 7.46. The van der Waals surface area contributed by atoms with E-state index >= 15 is 0 Å². The first-order valence-corrected chi connectivity index (χ1v) is 7.58. The van der Waals surface area contributed by atoms with Crippen molar-refractivity contribution in [2.24, 2.45) is 5.41 Å². The van der Waals surface area contributed by atoms with Gasteiger partial charge in [0.2, 0.25) is 0 Å². The smallest absolute Gasteiger partial charge is 0.0619 e. The van der Waals surface area contributed by atoms with Gasteiger partial charge < -0.3 is 10.1 Å². The summed E-state index contributed by atoms with van der Waals surface area (Å²) in [7, 11) is 0. The quantitative estimate of drug-likeness (QED) is 0.757. The zero-order chi connectivity index (χ0) is 13.6. The Hall–Kier alpha value is -0.120. The molecule has 0 amide bonds. The van der Waals surface area contributed by atoms with Crippen molar-refractivity contribution in [3.05, 3.63) is 0 Å². The lowest BCUT2D eigenvalue weighted by atomic mass is 9.81. The van der Waals surface area contributed by atoms with E-state index in [-0.39, 0.29) is 0 Å². The molecule has 1 rings (SSSR count). The van der Waals surface area contributed by atoms with Crippen LogP contribution in [0.1, 0.15) is 47.5 Å². The molecule has 1 unspecified atom stereocenters. The molecule has 3 heteroatoms.